The highest BCUT2D eigenvalue weighted by Gasteiger charge is 2.19. The zero-order chi connectivity index (χ0) is 17.9. The topological polar surface area (TPSA) is 50.3 Å². The molecule has 0 radical (unpaired) electrons. The molecule has 1 aromatic heterocycles. The van der Waals surface area contributed by atoms with E-state index in [4.69, 9.17) is 9.72 Å². The summed E-state index contributed by atoms with van der Waals surface area (Å²) in [5.74, 6) is 2.51. The Hall–Kier alpha value is -3.08. The number of para-hydroxylation sites is 1. The van der Waals surface area contributed by atoms with Crippen LogP contribution in [0.2, 0.25) is 0 Å². The number of ether oxygens (including phenoxy) is 1. The number of benzene rings is 2. The Kier molecular flexibility index (Phi) is 4.44. The van der Waals surface area contributed by atoms with Crippen LogP contribution in [0.25, 0.3) is 0 Å². The maximum atomic E-state index is 5.34. The summed E-state index contributed by atoms with van der Waals surface area (Å²) in [4.78, 5) is 11.6. The van der Waals surface area contributed by atoms with Gasteiger partial charge in [0.2, 0.25) is 5.95 Å². The first-order chi connectivity index (χ1) is 12.7. The third kappa shape index (κ3) is 3.47. The number of rotatable bonds is 4. The van der Waals surface area contributed by atoms with E-state index in [0.29, 0.717) is 5.95 Å². The van der Waals surface area contributed by atoms with Crippen LogP contribution in [0, 0.1) is 6.92 Å². The van der Waals surface area contributed by atoms with Crippen LogP contribution in [-0.4, -0.2) is 23.6 Å². The van der Waals surface area contributed by atoms with Crippen molar-refractivity contribution in [2.75, 3.05) is 23.9 Å². The highest BCUT2D eigenvalue weighted by Crippen LogP contribution is 2.27. The molecule has 2 aromatic carbocycles. The predicted octanol–water partition coefficient (Wildman–Crippen LogP) is 4.10. The number of aryl methyl sites for hydroxylation is 1. The lowest BCUT2D eigenvalue weighted by Gasteiger charge is -2.30. The number of anilines is 3. The van der Waals surface area contributed by atoms with E-state index in [1.54, 1.807) is 7.11 Å². The molecule has 0 saturated heterocycles. The Morgan fingerprint density at radius 3 is 2.65 bits per heavy atom. The largest absolute Gasteiger partial charge is 0.497 e. The standard InChI is InChI=1S/C21H22N4O/c1-15-12-20(24-21(22-15)23-18-6-4-3-5-7-18)25-11-10-16-13-19(26-2)9-8-17(16)14-25/h3-9,12-13H,10-11,14H2,1-2H3,(H,22,23,24). The van der Waals surface area contributed by atoms with Gasteiger partial charge in [0.1, 0.15) is 11.6 Å². The third-order valence-corrected chi connectivity index (χ3v) is 4.62. The van der Waals surface area contributed by atoms with E-state index in [0.717, 1.165) is 42.5 Å². The maximum Gasteiger partial charge on any atom is 0.229 e. The second-order valence-corrected chi connectivity index (χ2v) is 6.49. The average molecular weight is 346 g/mol. The van der Waals surface area contributed by atoms with Gasteiger partial charge in [0.15, 0.2) is 0 Å². The molecule has 0 bridgehead atoms. The van der Waals surface area contributed by atoms with Crippen LogP contribution in [0.4, 0.5) is 17.5 Å². The van der Waals surface area contributed by atoms with Crippen LogP contribution in [-0.2, 0) is 13.0 Å². The molecule has 5 nitrogen and oxygen atoms in total. The number of fused-ring (bicyclic) bond motifs is 1. The van der Waals surface area contributed by atoms with Gasteiger partial charge in [0.25, 0.3) is 0 Å². The average Bonchev–Trinajstić information content (AvgIpc) is 2.67. The Labute approximate surface area is 153 Å². The Balaban J connectivity index is 1.58. The van der Waals surface area contributed by atoms with Gasteiger partial charge in [0.05, 0.1) is 7.11 Å². The Morgan fingerprint density at radius 1 is 1.00 bits per heavy atom. The molecule has 1 aliphatic rings. The van der Waals surface area contributed by atoms with Crippen LogP contribution in [0.15, 0.2) is 54.6 Å². The molecule has 132 valence electrons. The minimum Gasteiger partial charge on any atom is -0.497 e. The summed E-state index contributed by atoms with van der Waals surface area (Å²) in [5.41, 5.74) is 4.62. The smallest absolute Gasteiger partial charge is 0.229 e. The highest BCUT2D eigenvalue weighted by atomic mass is 16.5. The fraction of sp³-hybridized carbons (Fsp3) is 0.238. The van der Waals surface area contributed by atoms with Crippen molar-refractivity contribution in [2.45, 2.75) is 19.9 Å². The van der Waals surface area contributed by atoms with Crippen molar-refractivity contribution in [3.8, 4) is 5.75 Å². The number of aromatic nitrogens is 2. The molecule has 0 atom stereocenters. The van der Waals surface area contributed by atoms with Gasteiger partial charge < -0.3 is 15.0 Å². The summed E-state index contributed by atoms with van der Waals surface area (Å²) in [6.45, 7) is 3.78. The van der Waals surface area contributed by atoms with Gasteiger partial charge in [-0.3, -0.25) is 0 Å². The van der Waals surface area contributed by atoms with E-state index < -0.39 is 0 Å². The fourth-order valence-corrected chi connectivity index (χ4v) is 3.27. The lowest BCUT2D eigenvalue weighted by molar-refractivity contribution is 0.413. The molecule has 4 rings (SSSR count). The van der Waals surface area contributed by atoms with Gasteiger partial charge in [-0.25, -0.2) is 4.98 Å². The van der Waals surface area contributed by atoms with E-state index >= 15 is 0 Å². The summed E-state index contributed by atoms with van der Waals surface area (Å²) in [6.07, 6.45) is 0.983. The molecule has 1 N–H and O–H groups in total. The van der Waals surface area contributed by atoms with Gasteiger partial charge in [-0.15, -0.1) is 0 Å². The van der Waals surface area contributed by atoms with Crippen molar-refractivity contribution in [3.05, 3.63) is 71.4 Å². The van der Waals surface area contributed by atoms with Crippen molar-refractivity contribution < 1.29 is 4.74 Å². The summed E-state index contributed by atoms with van der Waals surface area (Å²) >= 11 is 0. The number of hydrogen-bond acceptors (Lipinski definition) is 5. The SMILES string of the molecule is COc1ccc2c(c1)CCN(c1cc(C)nc(Nc3ccccc3)n1)C2. The van der Waals surface area contributed by atoms with Gasteiger partial charge in [-0.1, -0.05) is 24.3 Å². The van der Waals surface area contributed by atoms with Crippen molar-refractivity contribution >= 4 is 17.5 Å². The van der Waals surface area contributed by atoms with Crippen molar-refractivity contribution in [2.24, 2.45) is 0 Å². The maximum absolute atomic E-state index is 5.34. The second kappa shape index (κ2) is 7.04. The monoisotopic (exact) mass is 346 g/mol. The molecule has 0 saturated carbocycles. The number of nitrogens with one attached hydrogen (secondary N) is 1. The van der Waals surface area contributed by atoms with E-state index in [1.165, 1.54) is 11.1 Å². The molecular formula is C21H22N4O. The van der Waals surface area contributed by atoms with Gasteiger partial charge in [-0.05, 0) is 48.7 Å². The summed E-state index contributed by atoms with van der Waals surface area (Å²) in [7, 11) is 1.71. The minimum absolute atomic E-state index is 0.631. The first-order valence-corrected chi connectivity index (χ1v) is 8.80. The zero-order valence-corrected chi connectivity index (χ0v) is 15.1. The number of nitrogens with zero attached hydrogens (tertiary/aromatic N) is 3. The number of hydrogen-bond donors (Lipinski definition) is 1. The van der Waals surface area contributed by atoms with Crippen LogP contribution in [0.3, 0.4) is 0 Å². The first-order valence-electron chi connectivity index (χ1n) is 8.80. The molecular weight excluding hydrogens is 324 g/mol. The molecule has 0 aliphatic carbocycles. The lowest BCUT2D eigenvalue weighted by Crippen LogP contribution is -2.31. The summed E-state index contributed by atoms with van der Waals surface area (Å²) in [6, 6.07) is 18.4. The van der Waals surface area contributed by atoms with Crippen LogP contribution in [0.5, 0.6) is 5.75 Å². The van der Waals surface area contributed by atoms with Crippen molar-refractivity contribution in [1.29, 1.82) is 0 Å². The molecule has 5 heteroatoms. The highest BCUT2D eigenvalue weighted by molar-refractivity contribution is 5.56. The first kappa shape index (κ1) is 16.4. The summed E-state index contributed by atoms with van der Waals surface area (Å²) < 4.78 is 5.34. The van der Waals surface area contributed by atoms with Gasteiger partial charge >= 0.3 is 0 Å². The molecule has 0 amide bonds. The molecule has 3 aromatic rings. The van der Waals surface area contributed by atoms with Crippen LogP contribution in [0.1, 0.15) is 16.8 Å². The van der Waals surface area contributed by atoms with Gasteiger partial charge in [0, 0.05) is 30.5 Å². The second-order valence-electron chi connectivity index (χ2n) is 6.49. The van der Waals surface area contributed by atoms with E-state index in [2.05, 4.69) is 27.3 Å². The Bertz CT molecular complexity index is 911. The number of methoxy groups -OCH3 is 1. The van der Waals surface area contributed by atoms with Crippen molar-refractivity contribution in [3.63, 3.8) is 0 Å². The van der Waals surface area contributed by atoms with Gasteiger partial charge in [-0.2, -0.15) is 4.98 Å². The molecule has 0 unspecified atom stereocenters. The normalized spacial score (nSPS) is 13.2. The molecule has 0 spiro atoms. The Morgan fingerprint density at radius 2 is 1.85 bits per heavy atom. The molecule has 0 fully saturated rings. The molecule has 1 aliphatic heterocycles. The predicted molar refractivity (Wildman–Crippen MR) is 104 cm³/mol. The molecule has 2 heterocycles. The van der Waals surface area contributed by atoms with E-state index in [9.17, 15) is 0 Å². The summed E-state index contributed by atoms with van der Waals surface area (Å²) in [5, 5.41) is 3.29. The zero-order valence-electron chi connectivity index (χ0n) is 15.1. The fourth-order valence-electron chi connectivity index (χ4n) is 3.27. The third-order valence-electron chi connectivity index (χ3n) is 4.62. The van der Waals surface area contributed by atoms with Crippen molar-refractivity contribution in [1.82, 2.24) is 9.97 Å². The van der Waals surface area contributed by atoms with Crippen LogP contribution < -0.4 is 15.0 Å². The minimum atomic E-state index is 0.631. The van der Waals surface area contributed by atoms with Crippen LogP contribution >= 0.6 is 0 Å². The van der Waals surface area contributed by atoms with E-state index in [-0.39, 0.29) is 0 Å². The van der Waals surface area contributed by atoms with E-state index in [1.807, 2.05) is 49.4 Å². The molecule has 26 heavy (non-hydrogen) atoms. The quantitative estimate of drug-likeness (QED) is 0.771. The lowest BCUT2D eigenvalue weighted by atomic mass is 9.99.